The molecule has 1 N–H and O–H groups in total. The van der Waals surface area contributed by atoms with Gasteiger partial charge in [-0.2, -0.15) is 0 Å². The van der Waals surface area contributed by atoms with Gasteiger partial charge < -0.3 is 10.1 Å². The molecule has 1 atom stereocenters. The molecule has 1 heterocycles. The van der Waals surface area contributed by atoms with E-state index in [4.69, 9.17) is 27.9 Å². The Bertz CT molecular complexity index is 986. The molecule has 0 aliphatic carbocycles. The summed E-state index contributed by atoms with van der Waals surface area (Å²) in [7, 11) is 0. The van der Waals surface area contributed by atoms with Crippen LogP contribution in [0.25, 0.3) is 0 Å². The van der Waals surface area contributed by atoms with E-state index < -0.39 is 5.97 Å². The van der Waals surface area contributed by atoms with Gasteiger partial charge >= 0.3 is 5.97 Å². The molecule has 5 nitrogen and oxygen atoms in total. The van der Waals surface area contributed by atoms with Gasteiger partial charge in [0, 0.05) is 15.6 Å². The molecule has 0 aromatic heterocycles. The predicted molar refractivity (Wildman–Crippen MR) is 117 cm³/mol. The first-order valence-electron chi connectivity index (χ1n) is 8.84. The van der Waals surface area contributed by atoms with E-state index in [1.807, 2.05) is 12.1 Å². The van der Waals surface area contributed by atoms with Crippen molar-refractivity contribution in [3.8, 4) is 0 Å². The monoisotopic (exact) mass is 448 g/mol. The van der Waals surface area contributed by atoms with Crippen molar-refractivity contribution in [2.45, 2.75) is 19.1 Å². The third-order valence-electron chi connectivity index (χ3n) is 4.15. The summed E-state index contributed by atoms with van der Waals surface area (Å²) in [5.74, 6) is -0.737. The number of esters is 1. The van der Waals surface area contributed by atoms with Gasteiger partial charge in [-0.05, 0) is 55.8 Å². The molecular formula is C21H18Cl2N2O3S. The summed E-state index contributed by atoms with van der Waals surface area (Å²) in [6.45, 7) is 3.74. The minimum Gasteiger partial charge on any atom is -0.463 e. The topological polar surface area (TPSA) is 67.8 Å². The number of benzene rings is 2. The Hall–Kier alpha value is -2.28. The molecule has 1 amide bonds. The van der Waals surface area contributed by atoms with Crippen LogP contribution in [0, 0.1) is 0 Å². The molecular weight excluding hydrogens is 431 g/mol. The molecule has 0 saturated carbocycles. The van der Waals surface area contributed by atoms with Crippen LogP contribution >= 0.6 is 35.0 Å². The standard InChI is InChI=1S/C21H18Cl2N2O3S/c1-3-28-20(27)17-12(2)24-21(25-19(26)14-6-10-16(23)11-7-14)29-18(17)13-4-8-15(22)9-5-13/h4-11,18H,3H2,1-2H3,(H,24,25,26)/t18-/m0/s1. The van der Waals surface area contributed by atoms with Crippen molar-refractivity contribution in [1.29, 1.82) is 0 Å². The molecule has 0 fully saturated rings. The summed E-state index contributed by atoms with van der Waals surface area (Å²) in [4.78, 5) is 29.5. The number of nitrogens with zero attached hydrogens (tertiary/aromatic N) is 1. The molecule has 1 aliphatic rings. The molecule has 2 aromatic carbocycles. The van der Waals surface area contributed by atoms with Gasteiger partial charge in [0.1, 0.15) is 0 Å². The summed E-state index contributed by atoms with van der Waals surface area (Å²) in [6.07, 6.45) is 0. The number of halogens is 2. The maximum absolute atomic E-state index is 12.6. The molecule has 150 valence electrons. The highest BCUT2D eigenvalue weighted by Gasteiger charge is 2.32. The number of ether oxygens (including phenoxy) is 1. The van der Waals surface area contributed by atoms with Crippen LogP contribution in [0.2, 0.25) is 10.0 Å². The summed E-state index contributed by atoms with van der Waals surface area (Å²) >= 11 is 13.2. The van der Waals surface area contributed by atoms with Crippen molar-refractivity contribution in [2.24, 2.45) is 4.99 Å². The number of hydrogen-bond acceptors (Lipinski definition) is 5. The molecule has 0 saturated heterocycles. The quantitative estimate of drug-likeness (QED) is 0.635. The maximum atomic E-state index is 12.6. The first kappa shape index (κ1) is 21.4. The summed E-state index contributed by atoms with van der Waals surface area (Å²) < 4.78 is 5.22. The van der Waals surface area contributed by atoms with Crippen LogP contribution in [0.4, 0.5) is 0 Å². The van der Waals surface area contributed by atoms with Crippen LogP contribution in [0.15, 0.2) is 64.8 Å². The van der Waals surface area contributed by atoms with Gasteiger partial charge in [0.15, 0.2) is 5.17 Å². The minimum absolute atomic E-state index is 0.261. The van der Waals surface area contributed by atoms with Gasteiger partial charge in [-0.15, -0.1) is 0 Å². The highest BCUT2D eigenvalue weighted by atomic mass is 35.5. The molecule has 3 rings (SSSR count). The molecule has 0 unspecified atom stereocenters. The van der Waals surface area contributed by atoms with Gasteiger partial charge in [0.2, 0.25) is 0 Å². The summed E-state index contributed by atoms with van der Waals surface area (Å²) in [5, 5.41) is 3.96. The second-order valence-electron chi connectivity index (χ2n) is 6.15. The van der Waals surface area contributed by atoms with Crippen molar-refractivity contribution in [1.82, 2.24) is 5.32 Å². The second kappa shape index (κ2) is 9.48. The van der Waals surface area contributed by atoms with Gasteiger partial charge in [-0.3, -0.25) is 4.79 Å². The molecule has 2 aromatic rings. The van der Waals surface area contributed by atoms with Crippen LogP contribution in [0.1, 0.15) is 35.0 Å². The normalized spacial score (nSPS) is 16.3. The Morgan fingerprint density at radius 3 is 2.24 bits per heavy atom. The fraction of sp³-hybridized carbons (Fsp3) is 0.190. The molecule has 8 heteroatoms. The molecule has 0 spiro atoms. The van der Waals surface area contributed by atoms with Crippen LogP contribution in [-0.4, -0.2) is 23.7 Å². The number of hydrogen-bond donors (Lipinski definition) is 1. The lowest BCUT2D eigenvalue weighted by molar-refractivity contribution is -0.138. The fourth-order valence-corrected chi connectivity index (χ4v) is 4.26. The summed E-state index contributed by atoms with van der Waals surface area (Å²) in [6, 6.07) is 13.8. The fourth-order valence-electron chi connectivity index (χ4n) is 2.76. The summed E-state index contributed by atoms with van der Waals surface area (Å²) in [5.41, 5.74) is 2.26. The third kappa shape index (κ3) is 5.21. The number of rotatable bonds is 4. The van der Waals surface area contributed by atoms with E-state index in [0.29, 0.717) is 32.0 Å². The Labute approximate surface area is 183 Å². The zero-order chi connectivity index (χ0) is 21.0. The lowest BCUT2D eigenvalue weighted by atomic mass is 10.0. The number of amidine groups is 1. The first-order chi connectivity index (χ1) is 13.9. The van der Waals surface area contributed by atoms with Gasteiger partial charge in [0.25, 0.3) is 5.91 Å². The van der Waals surface area contributed by atoms with Crippen LogP contribution in [0.5, 0.6) is 0 Å². The van der Waals surface area contributed by atoms with Crippen molar-refractivity contribution in [2.75, 3.05) is 6.61 Å². The van der Waals surface area contributed by atoms with E-state index >= 15 is 0 Å². The lowest BCUT2D eigenvalue weighted by Gasteiger charge is -2.25. The van der Waals surface area contributed by atoms with Crippen molar-refractivity contribution < 1.29 is 14.3 Å². The zero-order valence-corrected chi connectivity index (χ0v) is 18.1. The van der Waals surface area contributed by atoms with E-state index in [9.17, 15) is 9.59 Å². The van der Waals surface area contributed by atoms with Crippen molar-refractivity contribution in [3.63, 3.8) is 0 Å². The molecule has 0 radical (unpaired) electrons. The lowest BCUT2D eigenvalue weighted by Crippen LogP contribution is -2.31. The average Bonchev–Trinajstić information content (AvgIpc) is 2.68. The Kier molecular flexibility index (Phi) is 7.00. The van der Waals surface area contributed by atoms with Gasteiger partial charge in [-0.25, -0.2) is 9.79 Å². The highest BCUT2D eigenvalue weighted by Crippen LogP contribution is 2.42. The molecule has 1 aliphatic heterocycles. The predicted octanol–water partition coefficient (Wildman–Crippen LogP) is 5.40. The van der Waals surface area contributed by atoms with Crippen molar-refractivity contribution >= 4 is 52.0 Å². The first-order valence-corrected chi connectivity index (χ1v) is 10.5. The number of nitrogens with one attached hydrogen (secondary N) is 1. The average molecular weight is 449 g/mol. The van der Waals surface area contributed by atoms with Gasteiger partial charge in [-0.1, -0.05) is 47.1 Å². The second-order valence-corrected chi connectivity index (χ2v) is 8.11. The number of carbonyl (C=O) groups excluding carboxylic acids is 2. The SMILES string of the molecule is CCOC(=O)C1=C(C)N=C(NC(=O)c2ccc(Cl)cc2)S[C@H]1c1ccc(Cl)cc1. The number of thioether (sulfide) groups is 1. The van der Waals surface area contributed by atoms with E-state index in [1.165, 1.54) is 11.8 Å². The van der Waals surface area contributed by atoms with E-state index in [2.05, 4.69) is 10.3 Å². The highest BCUT2D eigenvalue weighted by molar-refractivity contribution is 8.14. The van der Waals surface area contributed by atoms with Crippen LogP contribution in [-0.2, 0) is 9.53 Å². The van der Waals surface area contributed by atoms with Crippen LogP contribution in [0.3, 0.4) is 0 Å². The van der Waals surface area contributed by atoms with Crippen molar-refractivity contribution in [3.05, 3.63) is 81.0 Å². The smallest absolute Gasteiger partial charge is 0.337 e. The maximum Gasteiger partial charge on any atom is 0.337 e. The molecule has 0 bridgehead atoms. The van der Waals surface area contributed by atoms with Crippen LogP contribution < -0.4 is 5.32 Å². The number of allylic oxidation sites excluding steroid dienone is 1. The molecule has 29 heavy (non-hydrogen) atoms. The Morgan fingerprint density at radius 2 is 1.66 bits per heavy atom. The largest absolute Gasteiger partial charge is 0.463 e. The Morgan fingerprint density at radius 1 is 1.07 bits per heavy atom. The van der Waals surface area contributed by atoms with E-state index in [1.54, 1.807) is 50.2 Å². The van der Waals surface area contributed by atoms with E-state index in [-0.39, 0.29) is 17.8 Å². The number of carbonyl (C=O) groups is 2. The van der Waals surface area contributed by atoms with E-state index in [0.717, 1.165) is 5.56 Å². The zero-order valence-electron chi connectivity index (χ0n) is 15.7. The van der Waals surface area contributed by atoms with Gasteiger partial charge in [0.05, 0.1) is 23.1 Å². The third-order valence-corrected chi connectivity index (χ3v) is 5.81. The number of amides is 1. The number of aliphatic imine (C=N–C) groups is 1. The minimum atomic E-state index is -0.427. The Balaban J connectivity index is 1.92.